The molecular weight excluding hydrogens is 351 g/mol. The molecule has 3 rings (SSSR count). The van der Waals surface area contributed by atoms with Gasteiger partial charge in [-0.1, -0.05) is 18.2 Å². The number of nitrogens with zero attached hydrogens (tertiary/aromatic N) is 1. The van der Waals surface area contributed by atoms with Gasteiger partial charge in [0.05, 0.1) is 24.3 Å². The average molecular weight is 370 g/mol. The Morgan fingerprint density at radius 1 is 1.15 bits per heavy atom. The van der Waals surface area contributed by atoms with Gasteiger partial charge in [-0.25, -0.2) is 4.39 Å². The molecular formula is C20H19FN2O4. The molecule has 1 N–H and O–H groups in total. The second-order valence-electron chi connectivity index (χ2n) is 6.24. The molecule has 140 valence electrons. The van der Waals surface area contributed by atoms with E-state index in [0.717, 1.165) is 4.90 Å². The molecule has 0 bridgehead atoms. The molecule has 3 amide bonds. The molecule has 6 nitrogen and oxygen atoms in total. The number of nitrogens with one attached hydrogen (secondary N) is 1. The van der Waals surface area contributed by atoms with Crippen molar-refractivity contribution in [1.82, 2.24) is 10.2 Å². The van der Waals surface area contributed by atoms with Crippen LogP contribution >= 0.6 is 0 Å². The number of hydrogen-bond acceptors (Lipinski definition) is 4. The van der Waals surface area contributed by atoms with E-state index < -0.39 is 23.7 Å². The number of hydrogen-bond donors (Lipinski definition) is 1. The van der Waals surface area contributed by atoms with Crippen LogP contribution in [0.5, 0.6) is 5.75 Å². The van der Waals surface area contributed by atoms with Crippen LogP contribution in [-0.4, -0.2) is 36.3 Å². The lowest BCUT2D eigenvalue weighted by Gasteiger charge is -2.17. The molecule has 0 radical (unpaired) electrons. The zero-order chi connectivity index (χ0) is 19.6. The maximum Gasteiger partial charge on any atom is 0.261 e. The van der Waals surface area contributed by atoms with Gasteiger partial charge in [-0.05, 0) is 36.8 Å². The van der Waals surface area contributed by atoms with E-state index in [1.807, 2.05) is 0 Å². The molecule has 0 aliphatic carbocycles. The van der Waals surface area contributed by atoms with Gasteiger partial charge in [0, 0.05) is 13.0 Å². The van der Waals surface area contributed by atoms with Crippen LogP contribution in [-0.2, 0) is 4.79 Å². The summed E-state index contributed by atoms with van der Waals surface area (Å²) in [5.41, 5.74) is 1.29. The summed E-state index contributed by atoms with van der Waals surface area (Å²) in [6.45, 7) is 1.71. The number of rotatable bonds is 6. The van der Waals surface area contributed by atoms with Crippen molar-refractivity contribution in [2.75, 3.05) is 13.7 Å². The second kappa shape index (κ2) is 7.57. The smallest absolute Gasteiger partial charge is 0.261 e. The number of ether oxygens (including phenoxy) is 1. The molecule has 27 heavy (non-hydrogen) atoms. The van der Waals surface area contributed by atoms with Crippen molar-refractivity contribution in [3.63, 3.8) is 0 Å². The maximum atomic E-state index is 13.8. The van der Waals surface area contributed by atoms with Crippen LogP contribution < -0.4 is 10.1 Å². The molecule has 2 aromatic rings. The Bertz CT molecular complexity index is 878. The van der Waals surface area contributed by atoms with Gasteiger partial charge in [0.25, 0.3) is 11.8 Å². The van der Waals surface area contributed by atoms with Crippen molar-refractivity contribution >= 4 is 17.7 Å². The fourth-order valence-electron chi connectivity index (χ4n) is 3.00. The summed E-state index contributed by atoms with van der Waals surface area (Å²) in [7, 11) is 1.38. The summed E-state index contributed by atoms with van der Waals surface area (Å²) in [4.78, 5) is 37.8. The van der Waals surface area contributed by atoms with Gasteiger partial charge in [-0.2, -0.15) is 0 Å². The number of halogens is 1. The first kappa shape index (κ1) is 18.6. The Kier molecular flexibility index (Phi) is 5.21. The number of methoxy groups -OCH3 is 1. The molecule has 1 heterocycles. The molecule has 0 spiro atoms. The molecule has 1 aliphatic rings. The molecule has 0 saturated heterocycles. The highest BCUT2D eigenvalue weighted by molar-refractivity contribution is 6.21. The minimum Gasteiger partial charge on any atom is -0.494 e. The Balaban J connectivity index is 1.58. The minimum absolute atomic E-state index is 0.0120. The van der Waals surface area contributed by atoms with E-state index in [-0.39, 0.29) is 24.6 Å². The Labute approximate surface area is 155 Å². The van der Waals surface area contributed by atoms with Crippen molar-refractivity contribution < 1.29 is 23.5 Å². The van der Waals surface area contributed by atoms with Crippen molar-refractivity contribution in [1.29, 1.82) is 0 Å². The van der Waals surface area contributed by atoms with E-state index in [9.17, 15) is 18.8 Å². The molecule has 7 heteroatoms. The number of fused-ring (bicyclic) bond motifs is 1. The Morgan fingerprint density at radius 2 is 1.78 bits per heavy atom. The largest absolute Gasteiger partial charge is 0.494 e. The zero-order valence-electron chi connectivity index (χ0n) is 15.0. The Morgan fingerprint density at radius 3 is 2.33 bits per heavy atom. The lowest BCUT2D eigenvalue weighted by atomic mass is 10.1. The number of benzene rings is 2. The first-order chi connectivity index (χ1) is 12.9. The van der Waals surface area contributed by atoms with E-state index in [4.69, 9.17) is 4.74 Å². The zero-order valence-corrected chi connectivity index (χ0v) is 15.0. The minimum atomic E-state index is -0.512. The summed E-state index contributed by atoms with van der Waals surface area (Å²) in [6.07, 6.45) is -0.0333. The lowest BCUT2D eigenvalue weighted by molar-refractivity contribution is -0.121. The van der Waals surface area contributed by atoms with Crippen molar-refractivity contribution in [3.05, 3.63) is 65.0 Å². The highest BCUT2D eigenvalue weighted by Crippen LogP contribution is 2.23. The molecule has 0 unspecified atom stereocenters. The number of carbonyl (C=O) groups is 3. The van der Waals surface area contributed by atoms with E-state index in [2.05, 4.69) is 5.32 Å². The summed E-state index contributed by atoms with van der Waals surface area (Å²) in [5, 5.41) is 2.74. The highest BCUT2D eigenvalue weighted by Gasteiger charge is 2.35. The highest BCUT2D eigenvalue weighted by atomic mass is 19.1. The van der Waals surface area contributed by atoms with Gasteiger partial charge < -0.3 is 10.1 Å². The second-order valence-corrected chi connectivity index (χ2v) is 6.24. The molecule has 2 aromatic carbocycles. The first-order valence-corrected chi connectivity index (χ1v) is 8.50. The van der Waals surface area contributed by atoms with Crippen LogP contribution in [0.25, 0.3) is 0 Å². The van der Waals surface area contributed by atoms with E-state index >= 15 is 0 Å². The number of carbonyl (C=O) groups excluding carboxylic acids is 3. The Hall–Kier alpha value is -3.22. The topological polar surface area (TPSA) is 75.7 Å². The predicted octanol–water partition coefficient (Wildman–Crippen LogP) is 2.70. The SMILES string of the molecule is COc1ccc([C@@H](C)NC(=O)CCN2C(=O)c3ccccc3C2=O)cc1F. The predicted molar refractivity (Wildman–Crippen MR) is 95.9 cm³/mol. The van der Waals surface area contributed by atoms with Gasteiger partial charge in [-0.15, -0.1) is 0 Å². The standard InChI is InChI=1S/C20H19FN2O4/c1-12(13-7-8-17(27-2)16(21)11-13)22-18(24)9-10-23-19(25)14-5-3-4-6-15(14)20(23)26/h3-8,11-12H,9-10H2,1-2H3,(H,22,24)/t12-/m1/s1. The van der Waals surface area contributed by atoms with Gasteiger partial charge in [0.15, 0.2) is 11.6 Å². The molecule has 0 saturated carbocycles. The van der Waals surface area contributed by atoms with Crippen molar-refractivity contribution in [2.24, 2.45) is 0 Å². The quantitative estimate of drug-likeness (QED) is 0.794. The molecule has 0 fully saturated rings. The van der Waals surface area contributed by atoms with E-state index in [1.54, 1.807) is 37.3 Å². The van der Waals surface area contributed by atoms with Crippen LogP contribution in [0.3, 0.4) is 0 Å². The van der Waals surface area contributed by atoms with Crippen molar-refractivity contribution in [3.8, 4) is 5.75 Å². The average Bonchev–Trinajstić information content (AvgIpc) is 2.90. The fraction of sp³-hybridized carbons (Fsp3) is 0.250. The third kappa shape index (κ3) is 3.67. The van der Waals surface area contributed by atoms with E-state index in [0.29, 0.717) is 16.7 Å². The molecule has 1 atom stereocenters. The van der Waals surface area contributed by atoms with Crippen LogP contribution in [0.4, 0.5) is 4.39 Å². The summed E-state index contributed by atoms with van der Waals surface area (Å²) >= 11 is 0. The lowest BCUT2D eigenvalue weighted by Crippen LogP contribution is -2.35. The maximum absolute atomic E-state index is 13.8. The van der Waals surface area contributed by atoms with Crippen LogP contribution in [0.15, 0.2) is 42.5 Å². The van der Waals surface area contributed by atoms with E-state index in [1.165, 1.54) is 19.2 Å². The van der Waals surface area contributed by atoms with Crippen LogP contribution in [0, 0.1) is 5.82 Å². The van der Waals surface area contributed by atoms with Gasteiger partial charge in [0.1, 0.15) is 0 Å². The van der Waals surface area contributed by atoms with Gasteiger partial charge in [-0.3, -0.25) is 19.3 Å². The number of amides is 3. The van der Waals surface area contributed by atoms with Gasteiger partial charge in [0.2, 0.25) is 5.91 Å². The van der Waals surface area contributed by atoms with Crippen LogP contribution in [0.1, 0.15) is 45.7 Å². The van der Waals surface area contributed by atoms with Crippen LogP contribution in [0.2, 0.25) is 0 Å². The fourth-order valence-corrected chi connectivity index (χ4v) is 3.00. The normalized spacial score (nSPS) is 14.1. The number of imide groups is 1. The summed E-state index contributed by atoms with van der Waals surface area (Å²) in [5.74, 6) is -1.51. The summed E-state index contributed by atoms with van der Waals surface area (Å²) in [6, 6.07) is 10.6. The van der Waals surface area contributed by atoms with Crippen molar-refractivity contribution in [2.45, 2.75) is 19.4 Å². The third-order valence-electron chi connectivity index (χ3n) is 4.49. The third-order valence-corrected chi connectivity index (χ3v) is 4.49. The molecule has 0 aromatic heterocycles. The molecule has 1 aliphatic heterocycles. The summed E-state index contributed by atoms with van der Waals surface area (Å²) < 4.78 is 18.7. The monoisotopic (exact) mass is 370 g/mol. The van der Waals surface area contributed by atoms with Gasteiger partial charge >= 0.3 is 0 Å². The first-order valence-electron chi connectivity index (χ1n) is 8.50.